The van der Waals surface area contributed by atoms with Crippen LogP contribution in [-0.4, -0.2) is 41.1 Å². The highest BCUT2D eigenvalue weighted by molar-refractivity contribution is 7.80. The standard InChI is InChI=1S/C14H24N4S/c1-4-18(5-2)10-6-8-16-14-12(13(15)19)11(3)7-9-17-14/h7,9H,4-6,8,10H2,1-3H3,(H2,15,19)(H,16,17). The predicted octanol–water partition coefficient (Wildman–Crippen LogP) is 2.17. The summed E-state index contributed by atoms with van der Waals surface area (Å²) >= 11 is 5.08. The van der Waals surface area contributed by atoms with Gasteiger partial charge in [-0.25, -0.2) is 4.98 Å². The quantitative estimate of drug-likeness (QED) is 0.564. The molecule has 0 spiro atoms. The molecule has 0 bridgehead atoms. The zero-order chi connectivity index (χ0) is 14.3. The van der Waals surface area contributed by atoms with Crippen molar-refractivity contribution in [2.75, 3.05) is 31.5 Å². The van der Waals surface area contributed by atoms with Gasteiger partial charge >= 0.3 is 0 Å². The largest absolute Gasteiger partial charge is 0.389 e. The van der Waals surface area contributed by atoms with Gasteiger partial charge in [0.05, 0.1) is 5.56 Å². The summed E-state index contributed by atoms with van der Waals surface area (Å²) in [6.45, 7) is 10.5. The van der Waals surface area contributed by atoms with Gasteiger partial charge in [-0.05, 0) is 44.6 Å². The van der Waals surface area contributed by atoms with Gasteiger partial charge in [0.15, 0.2) is 0 Å². The molecule has 1 aromatic heterocycles. The molecule has 0 fully saturated rings. The van der Waals surface area contributed by atoms with E-state index >= 15 is 0 Å². The molecule has 4 nitrogen and oxygen atoms in total. The van der Waals surface area contributed by atoms with Gasteiger partial charge in [0.1, 0.15) is 10.8 Å². The topological polar surface area (TPSA) is 54.2 Å². The highest BCUT2D eigenvalue weighted by Crippen LogP contribution is 2.16. The van der Waals surface area contributed by atoms with Crippen LogP contribution >= 0.6 is 12.2 Å². The molecule has 5 heteroatoms. The highest BCUT2D eigenvalue weighted by atomic mass is 32.1. The number of nitrogens with zero attached hydrogens (tertiary/aromatic N) is 2. The van der Waals surface area contributed by atoms with Gasteiger partial charge in [-0.1, -0.05) is 26.1 Å². The number of nitrogens with two attached hydrogens (primary N) is 1. The van der Waals surface area contributed by atoms with Crippen LogP contribution in [0.3, 0.4) is 0 Å². The Labute approximate surface area is 121 Å². The molecular weight excluding hydrogens is 256 g/mol. The minimum Gasteiger partial charge on any atom is -0.389 e. The molecule has 3 N–H and O–H groups in total. The summed E-state index contributed by atoms with van der Waals surface area (Å²) in [4.78, 5) is 7.13. The number of hydrogen-bond acceptors (Lipinski definition) is 4. The lowest BCUT2D eigenvalue weighted by Gasteiger charge is -2.18. The van der Waals surface area contributed by atoms with Gasteiger partial charge in [0.25, 0.3) is 0 Å². The molecular formula is C14H24N4S. The summed E-state index contributed by atoms with van der Waals surface area (Å²) in [5.74, 6) is 0.798. The molecule has 106 valence electrons. The lowest BCUT2D eigenvalue weighted by molar-refractivity contribution is 0.303. The Morgan fingerprint density at radius 1 is 1.42 bits per heavy atom. The normalized spacial score (nSPS) is 10.7. The Balaban J connectivity index is 2.54. The molecule has 1 heterocycles. The predicted molar refractivity (Wildman–Crippen MR) is 85.8 cm³/mol. The third kappa shape index (κ3) is 4.76. The van der Waals surface area contributed by atoms with Gasteiger partial charge in [-0.3, -0.25) is 0 Å². The SMILES string of the molecule is CCN(CC)CCCNc1nccc(C)c1C(N)=S. The van der Waals surface area contributed by atoms with E-state index in [-0.39, 0.29) is 0 Å². The maximum absolute atomic E-state index is 5.75. The first-order valence-corrected chi connectivity index (χ1v) is 7.22. The molecule has 0 atom stereocenters. The van der Waals surface area contributed by atoms with Crippen LogP contribution in [0.2, 0.25) is 0 Å². The average Bonchev–Trinajstić information content (AvgIpc) is 2.38. The lowest BCUT2D eigenvalue weighted by atomic mass is 10.1. The maximum Gasteiger partial charge on any atom is 0.136 e. The van der Waals surface area contributed by atoms with Crippen LogP contribution in [0.25, 0.3) is 0 Å². The summed E-state index contributed by atoms with van der Waals surface area (Å²) in [5, 5.41) is 3.33. The van der Waals surface area contributed by atoms with Crippen LogP contribution in [0.5, 0.6) is 0 Å². The molecule has 0 aliphatic heterocycles. The molecule has 0 amide bonds. The summed E-state index contributed by atoms with van der Waals surface area (Å²) in [6.07, 6.45) is 2.86. The summed E-state index contributed by atoms with van der Waals surface area (Å²) in [7, 11) is 0. The van der Waals surface area contributed by atoms with Crippen molar-refractivity contribution in [1.29, 1.82) is 0 Å². The Kier molecular flexibility index (Phi) is 6.73. The molecule has 19 heavy (non-hydrogen) atoms. The first-order valence-electron chi connectivity index (χ1n) is 6.81. The Hall–Kier alpha value is -1.20. The monoisotopic (exact) mass is 280 g/mol. The fourth-order valence-corrected chi connectivity index (χ4v) is 2.31. The van der Waals surface area contributed by atoms with E-state index < -0.39 is 0 Å². The first-order chi connectivity index (χ1) is 9.10. The molecule has 0 aromatic carbocycles. The molecule has 0 radical (unpaired) electrons. The van der Waals surface area contributed by atoms with Crippen LogP contribution in [0.1, 0.15) is 31.4 Å². The van der Waals surface area contributed by atoms with E-state index in [1.54, 1.807) is 6.20 Å². The number of nitrogens with one attached hydrogen (secondary N) is 1. The average molecular weight is 280 g/mol. The van der Waals surface area contributed by atoms with Crippen molar-refractivity contribution >= 4 is 23.0 Å². The van der Waals surface area contributed by atoms with Gasteiger partial charge in [0.2, 0.25) is 0 Å². The molecule has 0 saturated carbocycles. The third-order valence-electron chi connectivity index (χ3n) is 3.24. The number of anilines is 1. The van der Waals surface area contributed by atoms with E-state index in [4.69, 9.17) is 18.0 Å². The van der Waals surface area contributed by atoms with E-state index in [1.165, 1.54) is 0 Å². The second-order valence-electron chi connectivity index (χ2n) is 4.52. The van der Waals surface area contributed by atoms with Gasteiger partial charge in [-0.15, -0.1) is 0 Å². The van der Waals surface area contributed by atoms with Gasteiger partial charge in [-0.2, -0.15) is 0 Å². The van der Waals surface area contributed by atoms with Crippen molar-refractivity contribution < 1.29 is 0 Å². The molecule has 1 aromatic rings. The van der Waals surface area contributed by atoms with Crippen LogP contribution < -0.4 is 11.1 Å². The lowest BCUT2D eigenvalue weighted by Crippen LogP contribution is -2.26. The Morgan fingerprint density at radius 2 is 2.11 bits per heavy atom. The van der Waals surface area contributed by atoms with E-state index in [1.807, 2.05) is 13.0 Å². The minimum absolute atomic E-state index is 0.400. The Morgan fingerprint density at radius 3 is 2.68 bits per heavy atom. The fraction of sp³-hybridized carbons (Fsp3) is 0.571. The van der Waals surface area contributed by atoms with Crippen LogP contribution in [0.15, 0.2) is 12.3 Å². The van der Waals surface area contributed by atoms with Gasteiger partial charge < -0.3 is 16.0 Å². The van der Waals surface area contributed by atoms with Crippen molar-refractivity contribution in [3.63, 3.8) is 0 Å². The smallest absolute Gasteiger partial charge is 0.136 e. The van der Waals surface area contributed by atoms with Crippen molar-refractivity contribution in [2.24, 2.45) is 5.73 Å². The second-order valence-corrected chi connectivity index (χ2v) is 4.96. The first kappa shape index (κ1) is 15.9. The number of hydrogen-bond donors (Lipinski definition) is 2. The van der Waals surface area contributed by atoms with Crippen LogP contribution in [0.4, 0.5) is 5.82 Å². The summed E-state index contributed by atoms with van der Waals surface area (Å²) in [5.41, 5.74) is 7.68. The number of pyridine rings is 1. The molecule has 0 saturated heterocycles. The zero-order valence-electron chi connectivity index (χ0n) is 12.1. The number of aryl methyl sites for hydroxylation is 1. The van der Waals surface area contributed by atoms with E-state index in [2.05, 4.69) is 29.0 Å². The van der Waals surface area contributed by atoms with Crippen molar-refractivity contribution in [3.8, 4) is 0 Å². The van der Waals surface area contributed by atoms with E-state index in [9.17, 15) is 0 Å². The van der Waals surface area contributed by atoms with E-state index in [0.717, 1.165) is 49.5 Å². The third-order valence-corrected chi connectivity index (χ3v) is 3.45. The summed E-state index contributed by atoms with van der Waals surface area (Å²) in [6, 6.07) is 1.93. The second kappa shape index (κ2) is 8.07. The number of rotatable bonds is 8. The molecule has 1 rings (SSSR count). The van der Waals surface area contributed by atoms with Crippen molar-refractivity contribution in [1.82, 2.24) is 9.88 Å². The van der Waals surface area contributed by atoms with Crippen molar-refractivity contribution in [2.45, 2.75) is 27.2 Å². The molecule has 0 aliphatic carbocycles. The Bertz CT molecular complexity index is 416. The van der Waals surface area contributed by atoms with Crippen LogP contribution in [0, 0.1) is 6.92 Å². The fourth-order valence-electron chi connectivity index (χ4n) is 2.05. The number of thiocarbonyl (C=S) groups is 1. The van der Waals surface area contributed by atoms with Crippen molar-refractivity contribution in [3.05, 3.63) is 23.4 Å². The molecule has 0 unspecified atom stereocenters. The van der Waals surface area contributed by atoms with Crippen LogP contribution in [-0.2, 0) is 0 Å². The zero-order valence-corrected chi connectivity index (χ0v) is 12.9. The minimum atomic E-state index is 0.400. The van der Waals surface area contributed by atoms with Gasteiger partial charge in [0, 0.05) is 12.7 Å². The van der Waals surface area contributed by atoms with E-state index in [0.29, 0.717) is 4.99 Å². The molecule has 0 aliphatic rings. The highest BCUT2D eigenvalue weighted by Gasteiger charge is 2.09. The maximum atomic E-state index is 5.75. The summed E-state index contributed by atoms with van der Waals surface area (Å²) < 4.78 is 0. The number of aromatic nitrogens is 1.